The Bertz CT molecular complexity index is 1490. The number of fused-ring (bicyclic) bond motifs is 1. The highest BCUT2D eigenvalue weighted by molar-refractivity contribution is 6.38. The van der Waals surface area contributed by atoms with Gasteiger partial charge in [-0.2, -0.15) is 0 Å². The number of rotatable bonds is 13. The molecule has 0 spiro atoms. The number of carbonyl (C=O) groups excluding carboxylic acids is 6. The van der Waals surface area contributed by atoms with Crippen LogP contribution >= 0.6 is 0 Å². The van der Waals surface area contributed by atoms with Gasteiger partial charge in [0.25, 0.3) is 11.6 Å². The molecular weight excluding hydrogens is 636 g/mol. The molecule has 15 heteroatoms. The molecule has 2 fully saturated rings. The van der Waals surface area contributed by atoms with E-state index in [1.165, 1.54) is 35.2 Å². The third kappa shape index (κ3) is 9.63. The van der Waals surface area contributed by atoms with E-state index in [2.05, 4.69) is 27.8 Å². The zero-order chi connectivity index (χ0) is 37.1. The van der Waals surface area contributed by atoms with Gasteiger partial charge >= 0.3 is 6.09 Å². The SMILES string of the molecule is C=CCC(NC(=O)[C@@H]1[C@@H]2[C@H](CN1C(=O)[C@@H](NC(=O)OC(C)(C)C)C(C)(C)C)C2(C)C)C(=O)C(=O)NCC(=O)NCc1ccc([N+](=O)[O-])cc1. The lowest BCUT2D eigenvalue weighted by Gasteiger charge is -2.38. The van der Waals surface area contributed by atoms with Crippen LogP contribution < -0.4 is 21.3 Å². The fraction of sp³-hybridized carbons (Fsp3) is 0.588. The number of hydrogen-bond donors (Lipinski definition) is 4. The number of non-ortho nitro benzene ring substituents is 1. The topological polar surface area (TPSA) is 206 Å². The molecule has 1 saturated heterocycles. The minimum absolute atomic E-state index is 0.00992. The standard InChI is InChI=1S/C34H48N6O9/c1-10-11-22(26(42)29(44)36-17-23(41)35-16-19-12-14-20(15-13-19)40(47)48)37-28(43)25-24-21(34(24,8)9)18-39(25)30(45)27(32(2,3)4)38-31(46)49-33(5,6)7/h10,12-15,21-22,24-25,27H,1,11,16-18H2,2-9H3,(H,35,41)(H,36,44)(H,37,43)(H,38,46)/t21-,22?,24-,25-,27+/m0/s1. The first-order valence-corrected chi connectivity index (χ1v) is 16.1. The summed E-state index contributed by atoms with van der Waals surface area (Å²) in [5.74, 6) is -4.01. The molecule has 49 heavy (non-hydrogen) atoms. The first-order chi connectivity index (χ1) is 22.6. The Hall–Kier alpha value is -4.82. The molecule has 1 aliphatic carbocycles. The second kappa shape index (κ2) is 14.7. The Labute approximate surface area is 286 Å². The first-order valence-electron chi connectivity index (χ1n) is 16.1. The second-order valence-corrected chi connectivity index (χ2v) is 15.2. The summed E-state index contributed by atoms with van der Waals surface area (Å²) in [6.45, 7) is 17.9. The number of nitrogens with one attached hydrogen (secondary N) is 4. The van der Waals surface area contributed by atoms with Crippen LogP contribution in [-0.4, -0.2) is 82.1 Å². The molecule has 0 bridgehead atoms. The first kappa shape index (κ1) is 38.6. The number of nitro groups is 1. The molecule has 5 atom stereocenters. The van der Waals surface area contributed by atoms with Crippen molar-refractivity contribution in [3.63, 3.8) is 0 Å². The molecule has 268 valence electrons. The van der Waals surface area contributed by atoms with Crippen molar-refractivity contribution in [1.29, 1.82) is 0 Å². The van der Waals surface area contributed by atoms with E-state index in [4.69, 9.17) is 4.74 Å². The highest BCUT2D eigenvalue weighted by Gasteiger charge is 2.70. The van der Waals surface area contributed by atoms with E-state index >= 15 is 0 Å². The van der Waals surface area contributed by atoms with Gasteiger partial charge in [0, 0.05) is 25.2 Å². The number of benzene rings is 1. The molecule has 5 amide bonds. The number of piperidine rings is 1. The quantitative estimate of drug-likeness (QED) is 0.104. The fourth-order valence-electron chi connectivity index (χ4n) is 6.11. The Morgan fingerprint density at radius 3 is 2.18 bits per heavy atom. The van der Waals surface area contributed by atoms with Gasteiger partial charge in [0.1, 0.15) is 23.7 Å². The summed E-state index contributed by atoms with van der Waals surface area (Å²) in [6, 6.07) is 2.24. The number of hydrogen-bond acceptors (Lipinski definition) is 9. The number of carbonyl (C=O) groups is 6. The molecule has 1 aromatic rings. The average molecular weight is 685 g/mol. The number of alkyl carbamates (subject to hydrolysis) is 1. The third-order valence-electron chi connectivity index (χ3n) is 8.84. The van der Waals surface area contributed by atoms with Crippen molar-refractivity contribution < 1.29 is 38.4 Å². The third-order valence-corrected chi connectivity index (χ3v) is 8.84. The van der Waals surface area contributed by atoms with Gasteiger partial charge in [0.15, 0.2) is 0 Å². The maximum absolute atomic E-state index is 14.0. The van der Waals surface area contributed by atoms with Crippen molar-refractivity contribution in [3.05, 3.63) is 52.6 Å². The van der Waals surface area contributed by atoms with Gasteiger partial charge in [0.2, 0.25) is 23.5 Å². The van der Waals surface area contributed by atoms with Gasteiger partial charge in [-0.1, -0.05) is 52.8 Å². The minimum atomic E-state index is -1.32. The van der Waals surface area contributed by atoms with E-state index in [0.29, 0.717) is 5.56 Å². The molecule has 15 nitrogen and oxygen atoms in total. The van der Waals surface area contributed by atoms with E-state index in [0.717, 1.165) is 0 Å². The molecule has 1 heterocycles. The van der Waals surface area contributed by atoms with Gasteiger partial charge in [-0.3, -0.25) is 34.1 Å². The number of amides is 5. The van der Waals surface area contributed by atoms with Gasteiger partial charge in [0.05, 0.1) is 11.5 Å². The number of Topliss-reactive ketones (excluding diaryl/α,β-unsaturated/α-hetero) is 1. The van der Waals surface area contributed by atoms with E-state index in [9.17, 15) is 38.9 Å². The largest absolute Gasteiger partial charge is 0.444 e. The van der Waals surface area contributed by atoms with E-state index in [-0.39, 0.29) is 42.4 Å². The van der Waals surface area contributed by atoms with Crippen LogP contribution in [0, 0.1) is 32.8 Å². The smallest absolute Gasteiger partial charge is 0.408 e. The summed E-state index contributed by atoms with van der Waals surface area (Å²) in [5, 5.41) is 20.9. The van der Waals surface area contributed by atoms with Crippen LogP contribution in [-0.2, 0) is 35.3 Å². The lowest BCUT2D eigenvalue weighted by atomic mass is 9.85. The monoisotopic (exact) mass is 684 g/mol. The van der Waals surface area contributed by atoms with Crippen LogP contribution in [0.5, 0.6) is 0 Å². The van der Waals surface area contributed by atoms with Crippen molar-refractivity contribution in [2.75, 3.05) is 13.1 Å². The highest BCUT2D eigenvalue weighted by Crippen LogP contribution is 2.65. The maximum Gasteiger partial charge on any atom is 0.408 e. The second-order valence-electron chi connectivity index (χ2n) is 15.2. The number of ketones is 1. The molecule has 0 aromatic heterocycles. The summed E-state index contributed by atoms with van der Waals surface area (Å²) in [6.07, 6.45) is 0.511. The van der Waals surface area contributed by atoms with Gasteiger partial charge < -0.3 is 30.9 Å². The maximum atomic E-state index is 14.0. The normalized spacial score (nSPS) is 20.5. The summed E-state index contributed by atoms with van der Waals surface area (Å²) < 4.78 is 5.39. The lowest BCUT2D eigenvalue weighted by Crippen LogP contribution is -2.60. The van der Waals surface area contributed by atoms with Crippen molar-refractivity contribution in [2.24, 2.45) is 22.7 Å². The van der Waals surface area contributed by atoms with Crippen LogP contribution in [0.1, 0.15) is 67.4 Å². The number of likely N-dealkylation sites (tertiary alicyclic amines) is 1. The minimum Gasteiger partial charge on any atom is -0.444 e. The van der Waals surface area contributed by atoms with Crippen molar-refractivity contribution in [2.45, 2.75) is 92.1 Å². The highest BCUT2D eigenvalue weighted by atomic mass is 16.6. The van der Waals surface area contributed by atoms with Crippen LogP contribution in [0.15, 0.2) is 36.9 Å². The fourth-order valence-corrected chi connectivity index (χ4v) is 6.11. The zero-order valence-electron chi connectivity index (χ0n) is 29.4. The molecule has 1 aliphatic heterocycles. The van der Waals surface area contributed by atoms with Crippen LogP contribution in [0.2, 0.25) is 0 Å². The molecule has 1 unspecified atom stereocenters. The van der Waals surface area contributed by atoms with Gasteiger partial charge in [-0.15, -0.1) is 6.58 Å². The Morgan fingerprint density at radius 1 is 1.04 bits per heavy atom. The van der Waals surface area contributed by atoms with E-state index in [1.54, 1.807) is 41.5 Å². The number of nitrogens with zero attached hydrogens (tertiary/aromatic N) is 2. The van der Waals surface area contributed by atoms with Crippen LogP contribution in [0.25, 0.3) is 0 Å². The molecular formula is C34H48N6O9. The number of nitro benzene ring substituents is 1. The van der Waals surface area contributed by atoms with Crippen LogP contribution in [0.3, 0.4) is 0 Å². The van der Waals surface area contributed by atoms with Crippen molar-refractivity contribution in [3.8, 4) is 0 Å². The lowest BCUT2D eigenvalue weighted by molar-refractivity contribution is -0.384. The Kier molecular flexibility index (Phi) is 11.6. The summed E-state index contributed by atoms with van der Waals surface area (Å²) in [7, 11) is 0. The Morgan fingerprint density at radius 2 is 1.65 bits per heavy atom. The molecule has 3 rings (SSSR count). The van der Waals surface area contributed by atoms with Crippen molar-refractivity contribution >= 4 is 41.2 Å². The summed E-state index contributed by atoms with van der Waals surface area (Å²) >= 11 is 0. The molecule has 2 aliphatic rings. The predicted molar refractivity (Wildman–Crippen MR) is 179 cm³/mol. The molecule has 4 N–H and O–H groups in total. The summed E-state index contributed by atoms with van der Waals surface area (Å²) in [4.78, 5) is 90.6. The molecule has 0 radical (unpaired) electrons. The zero-order valence-corrected chi connectivity index (χ0v) is 29.4. The Balaban J connectivity index is 1.68. The van der Waals surface area contributed by atoms with Gasteiger partial charge in [-0.05, 0) is 55.4 Å². The van der Waals surface area contributed by atoms with Crippen molar-refractivity contribution in [1.82, 2.24) is 26.2 Å². The van der Waals surface area contributed by atoms with Crippen LogP contribution in [0.4, 0.5) is 10.5 Å². The van der Waals surface area contributed by atoms with E-state index in [1.807, 2.05) is 13.8 Å². The predicted octanol–water partition coefficient (Wildman–Crippen LogP) is 2.38. The molecule has 1 saturated carbocycles. The number of ether oxygens (including phenoxy) is 1. The summed E-state index contributed by atoms with van der Waals surface area (Å²) in [5.41, 5.74) is -1.31. The average Bonchev–Trinajstić information content (AvgIpc) is 3.31. The molecule has 1 aromatic carbocycles. The van der Waals surface area contributed by atoms with E-state index < -0.39 is 76.1 Å². The van der Waals surface area contributed by atoms with Gasteiger partial charge in [-0.25, -0.2) is 4.79 Å².